The van der Waals surface area contributed by atoms with Crippen LogP contribution in [0.3, 0.4) is 0 Å². The number of amides is 1. The molecule has 0 saturated carbocycles. The quantitative estimate of drug-likeness (QED) is 0.757. The van der Waals surface area contributed by atoms with Crippen LogP contribution < -0.4 is 5.32 Å². The Kier molecular flexibility index (Phi) is 4.12. The molecule has 3 aromatic rings. The SMILES string of the molecule is CCC(=O)Nc1sc2c(c1-c1nc3ccccc3s1)CCN(C)C2. The summed E-state index contributed by atoms with van der Waals surface area (Å²) in [6.07, 6.45) is 1.50. The van der Waals surface area contributed by atoms with Crippen molar-refractivity contribution in [1.29, 1.82) is 0 Å². The number of hydrogen-bond donors (Lipinski definition) is 1. The van der Waals surface area contributed by atoms with E-state index in [9.17, 15) is 4.79 Å². The smallest absolute Gasteiger partial charge is 0.224 e. The maximum atomic E-state index is 12.0. The summed E-state index contributed by atoms with van der Waals surface area (Å²) >= 11 is 3.42. The van der Waals surface area contributed by atoms with Gasteiger partial charge in [0, 0.05) is 30.0 Å². The Bertz CT molecular complexity index is 879. The molecule has 0 saturated heterocycles. The lowest BCUT2D eigenvalue weighted by molar-refractivity contribution is -0.115. The zero-order chi connectivity index (χ0) is 16.7. The molecule has 1 amide bonds. The number of carbonyl (C=O) groups is 1. The Morgan fingerprint density at radius 1 is 1.33 bits per heavy atom. The third-order valence-corrected chi connectivity index (χ3v) is 6.52. The minimum Gasteiger partial charge on any atom is -0.317 e. The summed E-state index contributed by atoms with van der Waals surface area (Å²) in [5, 5.41) is 5.08. The van der Waals surface area contributed by atoms with Crippen LogP contribution in [-0.2, 0) is 17.8 Å². The van der Waals surface area contributed by atoms with E-state index in [1.807, 2.05) is 25.1 Å². The lowest BCUT2D eigenvalue weighted by Gasteiger charge is -2.22. The summed E-state index contributed by atoms with van der Waals surface area (Å²) in [5.74, 6) is 0.0595. The fraction of sp³-hybridized carbons (Fsp3) is 0.333. The molecule has 24 heavy (non-hydrogen) atoms. The van der Waals surface area contributed by atoms with Crippen molar-refractivity contribution in [3.8, 4) is 10.6 Å². The molecule has 0 radical (unpaired) electrons. The molecule has 3 heterocycles. The molecule has 0 bridgehead atoms. The number of para-hydroxylation sites is 1. The highest BCUT2D eigenvalue weighted by Crippen LogP contribution is 2.45. The third-order valence-electron chi connectivity index (χ3n) is 4.33. The monoisotopic (exact) mass is 357 g/mol. The van der Waals surface area contributed by atoms with E-state index in [4.69, 9.17) is 4.98 Å². The summed E-state index contributed by atoms with van der Waals surface area (Å²) < 4.78 is 1.19. The van der Waals surface area contributed by atoms with Crippen LogP contribution in [0.1, 0.15) is 23.8 Å². The number of hydrogen-bond acceptors (Lipinski definition) is 5. The predicted molar refractivity (Wildman–Crippen MR) is 102 cm³/mol. The molecular formula is C18H19N3OS2. The zero-order valence-corrected chi connectivity index (χ0v) is 15.4. The highest BCUT2D eigenvalue weighted by Gasteiger charge is 2.26. The molecule has 1 aliphatic rings. The number of thiazole rings is 1. The molecule has 1 aliphatic heterocycles. The largest absolute Gasteiger partial charge is 0.317 e. The maximum absolute atomic E-state index is 12.0. The molecule has 2 aromatic heterocycles. The topological polar surface area (TPSA) is 45.2 Å². The molecule has 1 aromatic carbocycles. The second-order valence-electron chi connectivity index (χ2n) is 6.08. The first kappa shape index (κ1) is 15.7. The molecule has 1 N–H and O–H groups in total. The average Bonchev–Trinajstić information content (AvgIpc) is 3.14. The van der Waals surface area contributed by atoms with Gasteiger partial charge >= 0.3 is 0 Å². The molecule has 0 aliphatic carbocycles. The molecule has 0 unspecified atom stereocenters. The van der Waals surface area contributed by atoms with Crippen LogP contribution >= 0.6 is 22.7 Å². The van der Waals surface area contributed by atoms with Gasteiger partial charge in [0.15, 0.2) is 0 Å². The van der Waals surface area contributed by atoms with Gasteiger partial charge in [-0.05, 0) is 31.2 Å². The molecular weight excluding hydrogens is 338 g/mol. The number of thiophene rings is 1. The van der Waals surface area contributed by atoms with Crippen LogP contribution in [0.25, 0.3) is 20.8 Å². The minimum atomic E-state index is 0.0595. The van der Waals surface area contributed by atoms with E-state index < -0.39 is 0 Å². The second kappa shape index (κ2) is 6.27. The number of fused-ring (bicyclic) bond motifs is 2. The first-order valence-corrected chi connectivity index (χ1v) is 9.78. The van der Waals surface area contributed by atoms with Crippen molar-refractivity contribution in [1.82, 2.24) is 9.88 Å². The number of nitrogens with zero attached hydrogens (tertiary/aromatic N) is 2. The fourth-order valence-electron chi connectivity index (χ4n) is 3.04. The summed E-state index contributed by atoms with van der Waals surface area (Å²) in [4.78, 5) is 20.5. The summed E-state index contributed by atoms with van der Waals surface area (Å²) in [5.41, 5.74) is 3.54. The van der Waals surface area contributed by atoms with E-state index >= 15 is 0 Å². The lowest BCUT2D eigenvalue weighted by atomic mass is 10.0. The average molecular weight is 358 g/mol. The van der Waals surface area contributed by atoms with Crippen LogP contribution in [0.2, 0.25) is 0 Å². The van der Waals surface area contributed by atoms with Gasteiger partial charge in [-0.3, -0.25) is 4.79 Å². The number of aromatic nitrogens is 1. The highest BCUT2D eigenvalue weighted by molar-refractivity contribution is 7.22. The number of rotatable bonds is 3. The lowest BCUT2D eigenvalue weighted by Crippen LogP contribution is -2.25. The minimum absolute atomic E-state index is 0.0595. The number of benzene rings is 1. The standard InChI is InChI=1S/C18H19N3OS2/c1-3-15(22)20-18-16(11-8-9-21(2)10-14(11)24-18)17-19-12-6-4-5-7-13(12)23-17/h4-7H,3,8-10H2,1-2H3,(H,20,22). The van der Waals surface area contributed by atoms with Gasteiger partial charge in [0.2, 0.25) is 5.91 Å². The van der Waals surface area contributed by atoms with Gasteiger partial charge in [0.1, 0.15) is 10.0 Å². The van der Waals surface area contributed by atoms with Gasteiger partial charge in [0.05, 0.1) is 10.2 Å². The summed E-state index contributed by atoms with van der Waals surface area (Å²) in [6, 6.07) is 8.21. The van der Waals surface area contributed by atoms with Crippen LogP contribution in [0.15, 0.2) is 24.3 Å². The molecule has 0 spiro atoms. The van der Waals surface area contributed by atoms with E-state index in [1.54, 1.807) is 22.7 Å². The molecule has 0 atom stereocenters. The Morgan fingerprint density at radius 3 is 2.96 bits per heavy atom. The summed E-state index contributed by atoms with van der Waals surface area (Å²) in [6.45, 7) is 3.87. The molecule has 4 rings (SSSR count). The Labute approximate surface area is 149 Å². The number of nitrogens with one attached hydrogen (secondary N) is 1. The van der Waals surface area contributed by atoms with Gasteiger partial charge in [-0.2, -0.15) is 0 Å². The van der Waals surface area contributed by atoms with Crippen molar-refractivity contribution in [3.63, 3.8) is 0 Å². The van der Waals surface area contributed by atoms with Crippen molar-refractivity contribution < 1.29 is 4.79 Å². The van der Waals surface area contributed by atoms with E-state index in [2.05, 4.69) is 23.3 Å². The van der Waals surface area contributed by atoms with Gasteiger partial charge in [0.25, 0.3) is 0 Å². The number of likely N-dealkylation sites (N-methyl/N-ethyl adjacent to an activating group) is 1. The molecule has 6 heteroatoms. The zero-order valence-electron chi connectivity index (χ0n) is 13.8. The molecule has 124 valence electrons. The van der Waals surface area contributed by atoms with Crippen molar-refractivity contribution in [2.45, 2.75) is 26.3 Å². The highest BCUT2D eigenvalue weighted by atomic mass is 32.1. The van der Waals surface area contributed by atoms with Crippen LogP contribution in [0, 0.1) is 0 Å². The molecule has 4 nitrogen and oxygen atoms in total. The maximum Gasteiger partial charge on any atom is 0.224 e. The molecule has 0 fully saturated rings. The normalized spacial score (nSPS) is 14.8. The van der Waals surface area contributed by atoms with E-state index in [1.165, 1.54) is 15.1 Å². The van der Waals surface area contributed by atoms with E-state index in [0.717, 1.165) is 40.6 Å². The third kappa shape index (κ3) is 2.75. The fourth-order valence-corrected chi connectivity index (χ4v) is 5.49. The van der Waals surface area contributed by atoms with Gasteiger partial charge in [-0.1, -0.05) is 19.1 Å². The number of anilines is 1. The van der Waals surface area contributed by atoms with Crippen LogP contribution in [-0.4, -0.2) is 29.4 Å². The van der Waals surface area contributed by atoms with Crippen molar-refractivity contribution in [2.75, 3.05) is 18.9 Å². The van der Waals surface area contributed by atoms with Crippen molar-refractivity contribution in [3.05, 3.63) is 34.7 Å². The Balaban J connectivity index is 1.86. The second-order valence-corrected chi connectivity index (χ2v) is 8.22. The van der Waals surface area contributed by atoms with Crippen LogP contribution in [0.4, 0.5) is 5.00 Å². The van der Waals surface area contributed by atoms with Crippen molar-refractivity contribution in [2.24, 2.45) is 0 Å². The Hall–Kier alpha value is -1.76. The van der Waals surface area contributed by atoms with Gasteiger partial charge < -0.3 is 10.2 Å². The first-order valence-electron chi connectivity index (χ1n) is 8.14. The van der Waals surface area contributed by atoms with Gasteiger partial charge in [-0.25, -0.2) is 4.98 Å². The van der Waals surface area contributed by atoms with Crippen molar-refractivity contribution >= 4 is 43.8 Å². The Morgan fingerprint density at radius 2 is 2.17 bits per heavy atom. The predicted octanol–water partition coefficient (Wildman–Crippen LogP) is 4.36. The van der Waals surface area contributed by atoms with E-state index in [0.29, 0.717) is 6.42 Å². The van der Waals surface area contributed by atoms with Gasteiger partial charge in [-0.15, -0.1) is 22.7 Å². The van der Waals surface area contributed by atoms with Crippen LogP contribution in [0.5, 0.6) is 0 Å². The summed E-state index contributed by atoms with van der Waals surface area (Å²) in [7, 11) is 2.14. The van der Waals surface area contributed by atoms with E-state index in [-0.39, 0.29) is 5.91 Å². The first-order chi connectivity index (χ1) is 11.7. The number of carbonyl (C=O) groups excluding carboxylic acids is 1.